The summed E-state index contributed by atoms with van der Waals surface area (Å²) in [5.41, 5.74) is 1.38. The van der Waals surface area contributed by atoms with Crippen molar-refractivity contribution in [3.05, 3.63) is 29.8 Å². The minimum atomic E-state index is -0.0861. The van der Waals surface area contributed by atoms with Crippen molar-refractivity contribution < 1.29 is 9.59 Å². The van der Waals surface area contributed by atoms with E-state index in [4.69, 9.17) is 0 Å². The van der Waals surface area contributed by atoms with Gasteiger partial charge in [-0.3, -0.25) is 9.59 Å². The monoisotopic (exact) mass is 333 g/mol. The maximum Gasteiger partial charge on any atom is 0.251 e. The molecular weight excluding hydrogens is 302 g/mol. The fraction of sp³-hybridized carbons (Fsp3) is 0.579. The van der Waals surface area contributed by atoms with E-state index in [2.05, 4.69) is 22.9 Å². The average Bonchev–Trinajstić information content (AvgIpc) is 2.61. The highest BCUT2D eigenvalue weighted by Gasteiger charge is 2.06. The van der Waals surface area contributed by atoms with E-state index in [1.54, 1.807) is 12.1 Å². The van der Waals surface area contributed by atoms with Gasteiger partial charge in [0, 0.05) is 24.3 Å². The Kier molecular flexibility index (Phi) is 10.3. The molecule has 3 N–H and O–H groups in total. The van der Waals surface area contributed by atoms with Crippen LogP contribution in [0.4, 0.5) is 5.69 Å². The summed E-state index contributed by atoms with van der Waals surface area (Å²) in [6, 6.07) is 7.21. The molecule has 2 amide bonds. The summed E-state index contributed by atoms with van der Waals surface area (Å²) in [4.78, 5) is 23.7. The topological polar surface area (TPSA) is 70.2 Å². The zero-order valence-electron chi connectivity index (χ0n) is 15.0. The predicted octanol–water partition coefficient (Wildman–Crippen LogP) is 3.32. The number of amides is 2. The molecule has 1 rings (SSSR count). The van der Waals surface area contributed by atoms with Gasteiger partial charge < -0.3 is 16.0 Å². The molecule has 5 heteroatoms. The molecule has 134 valence electrons. The van der Waals surface area contributed by atoms with Crippen molar-refractivity contribution in [2.75, 3.05) is 25.0 Å². The van der Waals surface area contributed by atoms with Crippen molar-refractivity contribution in [1.82, 2.24) is 10.6 Å². The lowest BCUT2D eigenvalue weighted by Gasteiger charge is -2.09. The summed E-state index contributed by atoms with van der Waals surface area (Å²) in [7, 11) is 0. The van der Waals surface area contributed by atoms with Gasteiger partial charge in [0.25, 0.3) is 5.91 Å². The van der Waals surface area contributed by atoms with Crippen LogP contribution in [0, 0.1) is 0 Å². The first-order chi connectivity index (χ1) is 11.7. The SMILES string of the molecule is CCCCCCCNC(=O)CNc1cccc(C(=O)NCCC)c1. The molecule has 0 spiro atoms. The van der Waals surface area contributed by atoms with Crippen LogP contribution in [0.1, 0.15) is 62.7 Å². The summed E-state index contributed by atoms with van der Waals surface area (Å²) >= 11 is 0. The van der Waals surface area contributed by atoms with E-state index >= 15 is 0 Å². The Labute approximate surface area is 145 Å². The standard InChI is InChI=1S/C19H31N3O2/c1-3-5-6-7-8-13-20-18(23)15-22-17-11-9-10-16(14-17)19(24)21-12-4-2/h9-11,14,22H,3-8,12-13,15H2,1-2H3,(H,20,23)(H,21,24). The quantitative estimate of drug-likeness (QED) is 0.514. The molecule has 24 heavy (non-hydrogen) atoms. The molecular formula is C19H31N3O2. The Morgan fingerprint density at radius 3 is 2.46 bits per heavy atom. The van der Waals surface area contributed by atoms with Gasteiger partial charge >= 0.3 is 0 Å². The van der Waals surface area contributed by atoms with Gasteiger partial charge in [0.05, 0.1) is 6.54 Å². The van der Waals surface area contributed by atoms with E-state index in [0.29, 0.717) is 12.1 Å². The molecule has 0 atom stereocenters. The second-order valence-corrected chi connectivity index (χ2v) is 5.95. The van der Waals surface area contributed by atoms with Gasteiger partial charge in [-0.2, -0.15) is 0 Å². The van der Waals surface area contributed by atoms with Gasteiger partial charge in [-0.15, -0.1) is 0 Å². The molecule has 5 nitrogen and oxygen atoms in total. The van der Waals surface area contributed by atoms with Crippen LogP contribution >= 0.6 is 0 Å². The van der Waals surface area contributed by atoms with E-state index in [-0.39, 0.29) is 18.4 Å². The second-order valence-electron chi connectivity index (χ2n) is 5.95. The molecule has 0 saturated heterocycles. The number of hydrogen-bond acceptors (Lipinski definition) is 3. The predicted molar refractivity (Wildman–Crippen MR) is 99.3 cm³/mol. The number of carbonyl (C=O) groups is 2. The normalized spacial score (nSPS) is 10.2. The molecule has 1 aromatic carbocycles. The van der Waals surface area contributed by atoms with Gasteiger partial charge in [-0.25, -0.2) is 0 Å². The lowest BCUT2D eigenvalue weighted by atomic mass is 10.1. The van der Waals surface area contributed by atoms with Gasteiger partial charge in [0.2, 0.25) is 5.91 Å². The molecule has 0 heterocycles. The summed E-state index contributed by atoms with van der Waals surface area (Å²) in [6.07, 6.45) is 6.82. The largest absolute Gasteiger partial charge is 0.376 e. The van der Waals surface area contributed by atoms with Gasteiger partial charge in [0.1, 0.15) is 0 Å². The van der Waals surface area contributed by atoms with Gasteiger partial charge in [-0.05, 0) is 31.0 Å². The minimum absolute atomic E-state index is 0.0219. The minimum Gasteiger partial charge on any atom is -0.376 e. The molecule has 0 aliphatic heterocycles. The number of anilines is 1. The van der Waals surface area contributed by atoms with Crippen LogP contribution in [0.15, 0.2) is 24.3 Å². The Balaban J connectivity index is 2.28. The fourth-order valence-electron chi connectivity index (χ4n) is 2.31. The molecule has 0 aliphatic carbocycles. The van der Waals surface area contributed by atoms with Gasteiger partial charge in [0.15, 0.2) is 0 Å². The summed E-state index contributed by atoms with van der Waals surface area (Å²) in [6.45, 7) is 5.81. The number of nitrogens with one attached hydrogen (secondary N) is 3. The Morgan fingerprint density at radius 2 is 1.71 bits per heavy atom. The van der Waals surface area contributed by atoms with E-state index in [1.165, 1.54) is 19.3 Å². The summed E-state index contributed by atoms with van der Waals surface area (Å²) < 4.78 is 0. The number of benzene rings is 1. The molecule has 0 aromatic heterocycles. The highest BCUT2D eigenvalue weighted by molar-refractivity contribution is 5.95. The van der Waals surface area contributed by atoms with Crippen molar-refractivity contribution in [3.63, 3.8) is 0 Å². The van der Waals surface area contributed by atoms with Gasteiger partial charge in [-0.1, -0.05) is 45.6 Å². The van der Waals surface area contributed by atoms with E-state index < -0.39 is 0 Å². The Bertz CT molecular complexity index is 503. The molecule has 0 fully saturated rings. The Morgan fingerprint density at radius 1 is 0.917 bits per heavy atom. The van der Waals surface area contributed by atoms with Crippen LogP contribution in [-0.2, 0) is 4.79 Å². The third-order valence-electron chi connectivity index (χ3n) is 3.72. The molecule has 0 bridgehead atoms. The van der Waals surface area contributed by atoms with E-state index in [9.17, 15) is 9.59 Å². The lowest BCUT2D eigenvalue weighted by Crippen LogP contribution is -2.30. The fourth-order valence-corrected chi connectivity index (χ4v) is 2.31. The first-order valence-corrected chi connectivity index (χ1v) is 9.06. The zero-order chi connectivity index (χ0) is 17.6. The number of carbonyl (C=O) groups excluding carboxylic acids is 2. The first kappa shape index (κ1) is 20.0. The highest BCUT2D eigenvalue weighted by Crippen LogP contribution is 2.10. The molecule has 0 aliphatic rings. The Hall–Kier alpha value is -2.04. The number of hydrogen-bond donors (Lipinski definition) is 3. The molecule has 0 radical (unpaired) electrons. The summed E-state index contributed by atoms with van der Waals surface area (Å²) in [5.74, 6) is -0.108. The zero-order valence-corrected chi connectivity index (χ0v) is 15.0. The highest BCUT2D eigenvalue weighted by atomic mass is 16.2. The molecule has 1 aromatic rings. The van der Waals surface area contributed by atoms with Crippen molar-refractivity contribution >= 4 is 17.5 Å². The second kappa shape index (κ2) is 12.4. The van der Waals surface area contributed by atoms with Crippen molar-refractivity contribution in [2.24, 2.45) is 0 Å². The van der Waals surface area contributed by atoms with Crippen LogP contribution in [0.5, 0.6) is 0 Å². The third-order valence-corrected chi connectivity index (χ3v) is 3.72. The van der Waals surface area contributed by atoms with Crippen LogP contribution in [0.3, 0.4) is 0 Å². The first-order valence-electron chi connectivity index (χ1n) is 9.06. The molecule has 0 unspecified atom stereocenters. The lowest BCUT2D eigenvalue weighted by molar-refractivity contribution is -0.119. The maximum atomic E-state index is 11.9. The average molecular weight is 333 g/mol. The third kappa shape index (κ3) is 8.56. The van der Waals surface area contributed by atoms with Crippen molar-refractivity contribution in [2.45, 2.75) is 52.4 Å². The van der Waals surface area contributed by atoms with E-state index in [0.717, 1.165) is 31.5 Å². The van der Waals surface area contributed by atoms with Crippen molar-refractivity contribution in [3.8, 4) is 0 Å². The van der Waals surface area contributed by atoms with E-state index in [1.807, 2.05) is 19.1 Å². The van der Waals surface area contributed by atoms with Crippen LogP contribution < -0.4 is 16.0 Å². The maximum absolute atomic E-state index is 11.9. The van der Waals surface area contributed by atoms with Crippen LogP contribution in [0.25, 0.3) is 0 Å². The number of rotatable bonds is 12. The number of unbranched alkanes of at least 4 members (excludes halogenated alkanes) is 4. The smallest absolute Gasteiger partial charge is 0.251 e. The van der Waals surface area contributed by atoms with Crippen molar-refractivity contribution in [1.29, 1.82) is 0 Å². The van der Waals surface area contributed by atoms with Crippen LogP contribution in [-0.4, -0.2) is 31.4 Å². The van der Waals surface area contributed by atoms with Crippen LogP contribution in [0.2, 0.25) is 0 Å². The molecule has 0 saturated carbocycles. The summed E-state index contributed by atoms with van der Waals surface area (Å²) in [5, 5.41) is 8.82.